The van der Waals surface area contributed by atoms with Gasteiger partial charge in [0, 0.05) is 254 Å². The van der Waals surface area contributed by atoms with E-state index in [1.807, 2.05) is 138 Å². The van der Waals surface area contributed by atoms with Gasteiger partial charge in [0.25, 0.3) is 0 Å². The number of benzene rings is 4. The number of carbonyl (C=O) groups excluding carboxylic acids is 4. The average Bonchev–Trinajstić information content (AvgIpc) is 1.57. The van der Waals surface area contributed by atoms with E-state index in [1.54, 1.807) is 38.7 Å². The van der Waals surface area contributed by atoms with Crippen molar-refractivity contribution in [2.45, 2.75) is 254 Å². The minimum absolute atomic E-state index is 0.00914. The fraction of sp³-hybridized carbons (Fsp3) is 0.429. The molecule has 4 amide bonds. The molecule has 2 saturated heterocycles. The van der Waals surface area contributed by atoms with Gasteiger partial charge < -0.3 is 47.3 Å². The summed E-state index contributed by atoms with van der Waals surface area (Å²) in [4.78, 5) is 114. The van der Waals surface area contributed by atoms with Gasteiger partial charge in [-0.3, -0.25) is 43.8 Å². The third kappa shape index (κ3) is 19.5. The first-order chi connectivity index (χ1) is 70.5. The molecule has 4 fully saturated rings. The Balaban J connectivity index is 0.000000114. The number of carbonyl (C=O) groups is 4. The lowest BCUT2D eigenvalue weighted by Crippen LogP contribution is -2.40. The number of alkyl halides is 4. The lowest BCUT2D eigenvalue weighted by atomic mass is 9.80. The van der Waals surface area contributed by atoms with E-state index in [1.165, 1.54) is 5.56 Å². The van der Waals surface area contributed by atoms with Gasteiger partial charge in [-0.25, -0.2) is 52.4 Å². The van der Waals surface area contributed by atoms with Gasteiger partial charge in [-0.1, -0.05) is 76.2 Å². The van der Waals surface area contributed by atoms with Gasteiger partial charge in [0.15, 0.2) is 0 Å². The highest BCUT2D eigenvalue weighted by Gasteiger charge is 2.49. The number of fused-ring (bicyclic) bond motifs is 8. The fourth-order valence-electron chi connectivity index (χ4n) is 22.5. The molecule has 18 heterocycles. The molecule has 12 aromatic heterocycles. The highest BCUT2D eigenvalue weighted by atomic mass is 32.1. The summed E-state index contributed by atoms with van der Waals surface area (Å²) in [6, 6.07) is 27.4. The number of pyridine rings is 4. The van der Waals surface area contributed by atoms with Gasteiger partial charge in [-0.2, -0.15) is 5.10 Å². The summed E-state index contributed by atoms with van der Waals surface area (Å²) in [6.07, 6.45) is 21.4. The molecule has 0 unspecified atom stereocenters. The molecule has 27 nitrogen and oxygen atoms in total. The number of hydrogen-bond acceptors (Lipinski definition) is 21. The molecule has 0 radical (unpaired) electrons. The number of imidazole rings is 4. The molecule has 8 aliphatic rings. The summed E-state index contributed by atoms with van der Waals surface area (Å²) in [6.45, 7) is 32.6. The SMILES string of the molecule is CCC(=O)N1CCn2c(C3CC(F)(F)C3)nc(-c3c(C)ccc4cc(-c5cnc(C)s5)ncc34)c2C1.CCC(=O)N1CCn2c(C3CCC(F)(F)CC3)nc(-c3c(C)ccc4cc(-c5cnc(C)s5)ncc34)c2C1.CCC(=O)N1CCn2c(C3CCOCC3)nc(-c3c(C)ccc4cc(-c5ccn(C)n5)ncc34)c2C1.CCC(=O)N1CCn2c(C3CCOCC3)nc(-c3c(C)ccc4cc(-c5cnc(C)s5)ncc34)c2C1. The first kappa shape index (κ1) is 99.0. The van der Waals surface area contributed by atoms with Crippen molar-refractivity contribution in [2.24, 2.45) is 7.05 Å². The molecule has 24 rings (SSSR count). The van der Waals surface area contributed by atoms with E-state index in [4.69, 9.17) is 49.3 Å². The molecule has 2 saturated carbocycles. The van der Waals surface area contributed by atoms with Crippen molar-refractivity contribution in [2.75, 3.05) is 52.6 Å². The second-order valence-electron chi connectivity index (χ2n) is 40.0. The van der Waals surface area contributed by atoms with E-state index in [9.17, 15) is 36.7 Å². The number of nitrogens with zero attached hydrogens (tertiary/aromatic N) is 21. The predicted octanol–water partition coefficient (Wildman–Crippen LogP) is 22.9. The maximum atomic E-state index is 14.0. The molecule has 146 heavy (non-hydrogen) atoms. The van der Waals surface area contributed by atoms with E-state index in [0.717, 1.165) is 287 Å². The van der Waals surface area contributed by atoms with Crippen LogP contribution in [0.3, 0.4) is 0 Å². The summed E-state index contributed by atoms with van der Waals surface area (Å²) >= 11 is 4.88. The number of aromatic nitrogens is 17. The van der Waals surface area contributed by atoms with Crippen molar-refractivity contribution in [1.82, 2.24) is 102 Å². The normalized spacial score (nSPS) is 17.0. The van der Waals surface area contributed by atoms with Crippen LogP contribution in [0.1, 0.15) is 225 Å². The lowest BCUT2D eigenvalue weighted by Gasteiger charge is -2.36. The monoisotopic (exact) mass is 2030 g/mol. The zero-order valence-corrected chi connectivity index (χ0v) is 87.2. The molecule has 0 atom stereocenters. The molecule has 16 aromatic rings. The van der Waals surface area contributed by atoms with Gasteiger partial charge >= 0.3 is 0 Å². The summed E-state index contributed by atoms with van der Waals surface area (Å²) in [7, 11) is 1.91. The number of halogens is 4. The molecule has 0 spiro atoms. The maximum Gasteiger partial charge on any atom is 0.249 e. The standard InChI is InChI=1S/C29H31F2N5OS.C28H32N6O2.C28H31N5O2S.C27H27F2N5OS/c1-4-25(37)35-11-12-36-23(16-35)27(34-28(36)19-7-9-29(30,31)10-8-19)26-17(2)5-6-20-13-22(33-14-21(20)26)24-15-32-18(3)38-24;1-4-25(35)33-11-12-34-24(17-33)27(30-28(34)19-8-13-36-14-9-19)26-18(2)5-6-20-15-23(29-16-21(20)26)22-7-10-32(3)31-22;1-4-25(34)32-9-10-33-23(16-32)27(31-28(33)19-7-11-35-12-8-19)26-17(2)5-6-20-13-22(30-14-21(20)26)24-15-29-18(3)36-24;1-4-23(35)33-7-8-34-21(14-33)25(32-26(34)18-10-27(28,29)11-18)24-15(2)5-6-17-9-20(31-12-19(17)24)22-13-30-16(3)36-22/h5-6,13-15,19H,4,7-12,16H2,1-3H3;5-7,10,15-16,19H,4,8-9,11-14,17H2,1-3H3;5-6,13-15,19H,4,7-12,16H2,1-3H3;5-6,9,12-13,18H,4,7-8,10-11,14H2,1-3H3. The number of amides is 4. The third-order valence-electron chi connectivity index (χ3n) is 30.5. The smallest absolute Gasteiger partial charge is 0.249 e. The molecule has 34 heteroatoms. The van der Waals surface area contributed by atoms with Crippen LogP contribution in [0.2, 0.25) is 0 Å². The number of ether oxygens (including phenoxy) is 2. The predicted molar refractivity (Wildman–Crippen MR) is 562 cm³/mol. The Morgan fingerprint density at radius 2 is 0.637 bits per heavy atom. The Bertz CT molecular complexity index is 7500. The van der Waals surface area contributed by atoms with Crippen LogP contribution in [-0.2, 0) is 88.1 Å². The van der Waals surface area contributed by atoms with Crippen LogP contribution < -0.4 is 0 Å². The van der Waals surface area contributed by atoms with Crippen LogP contribution >= 0.6 is 34.0 Å². The molecular formula is C112H121F4N21O6S3. The number of hydrogen-bond donors (Lipinski definition) is 0. The first-order valence-corrected chi connectivity index (χ1v) is 53.8. The Labute approximate surface area is 857 Å². The van der Waals surface area contributed by atoms with Gasteiger partial charge in [0.05, 0.1) is 124 Å². The number of rotatable bonds is 16. The van der Waals surface area contributed by atoms with Crippen molar-refractivity contribution in [3.05, 3.63) is 212 Å². The van der Waals surface area contributed by atoms with Gasteiger partial charge in [-0.15, -0.1) is 34.0 Å². The van der Waals surface area contributed by atoms with Gasteiger partial charge in [-0.05, 0) is 161 Å². The van der Waals surface area contributed by atoms with Crippen molar-refractivity contribution >= 4 is 101 Å². The van der Waals surface area contributed by atoms with Crippen molar-refractivity contribution in [1.29, 1.82) is 0 Å². The van der Waals surface area contributed by atoms with Crippen LogP contribution in [-0.4, -0.2) is 191 Å². The summed E-state index contributed by atoms with van der Waals surface area (Å²) < 4.78 is 77.7. The van der Waals surface area contributed by atoms with E-state index in [0.29, 0.717) is 103 Å². The van der Waals surface area contributed by atoms with Gasteiger partial charge in [0.2, 0.25) is 35.5 Å². The quantitative estimate of drug-likeness (QED) is 0.0813. The molecule has 0 N–H and O–H groups in total. The van der Waals surface area contributed by atoms with E-state index >= 15 is 0 Å². The van der Waals surface area contributed by atoms with Crippen LogP contribution in [0, 0.1) is 48.5 Å². The third-order valence-corrected chi connectivity index (χ3v) is 33.3. The van der Waals surface area contributed by atoms with Crippen LogP contribution in [0.15, 0.2) is 128 Å². The Morgan fingerprint density at radius 1 is 0.349 bits per heavy atom. The second-order valence-corrected chi connectivity index (χ2v) is 43.7. The summed E-state index contributed by atoms with van der Waals surface area (Å²) in [5, 5.41) is 16.0. The largest absolute Gasteiger partial charge is 0.381 e. The highest BCUT2D eigenvalue weighted by Crippen LogP contribution is 2.52. The molecule has 6 aliphatic heterocycles. The minimum Gasteiger partial charge on any atom is -0.381 e. The van der Waals surface area contributed by atoms with Crippen LogP contribution in [0.4, 0.5) is 17.6 Å². The van der Waals surface area contributed by atoms with E-state index in [-0.39, 0.29) is 61.1 Å². The van der Waals surface area contributed by atoms with E-state index in [2.05, 4.69) is 132 Å². The molecule has 2 aliphatic carbocycles. The molecule has 0 bridgehead atoms. The number of aryl methyl sites for hydroxylation is 8. The minimum atomic E-state index is -2.62. The lowest BCUT2D eigenvalue weighted by molar-refractivity contribution is -0.133. The topological polar surface area (TPSA) is 279 Å². The van der Waals surface area contributed by atoms with Crippen molar-refractivity contribution in [3.8, 4) is 88.1 Å². The van der Waals surface area contributed by atoms with Crippen LogP contribution in [0.5, 0.6) is 0 Å². The van der Waals surface area contributed by atoms with Gasteiger partial charge in [0.1, 0.15) is 29.0 Å². The molecular weight excluding hydrogens is 1910 g/mol. The second kappa shape index (κ2) is 41.0. The first-order valence-electron chi connectivity index (χ1n) is 51.3. The zero-order chi connectivity index (χ0) is 101. The van der Waals surface area contributed by atoms with Crippen molar-refractivity contribution in [3.63, 3.8) is 0 Å². The molecule has 756 valence electrons. The Hall–Kier alpha value is -13.0. The fourth-order valence-corrected chi connectivity index (χ4v) is 24.8. The number of thiazole rings is 3. The Morgan fingerprint density at radius 3 is 0.911 bits per heavy atom. The molecule has 4 aromatic carbocycles. The van der Waals surface area contributed by atoms with Crippen molar-refractivity contribution < 1.29 is 46.2 Å². The van der Waals surface area contributed by atoms with E-state index < -0.39 is 11.8 Å². The highest BCUT2D eigenvalue weighted by molar-refractivity contribution is 7.15. The zero-order valence-electron chi connectivity index (χ0n) is 84.7. The van der Waals surface area contributed by atoms with Crippen LogP contribution in [0.25, 0.3) is 131 Å². The Kier molecular flexibility index (Phi) is 27.8. The summed E-state index contributed by atoms with van der Waals surface area (Å²) in [5.41, 5.74) is 20.8. The maximum absolute atomic E-state index is 14.0. The summed E-state index contributed by atoms with van der Waals surface area (Å²) in [5.74, 6) is -0.249. The average molecular weight is 2030 g/mol.